The molecule has 1 aromatic rings. The van der Waals surface area contributed by atoms with Crippen molar-refractivity contribution in [1.82, 2.24) is 5.32 Å². The molecule has 0 radical (unpaired) electrons. The molecule has 0 saturated carbocycles. The van der Waals surface area contributed by atoms with Gasteiger partial charge in [0, 0.05) is 13.1 Å². The van der Waals surface area contributed by atoms with Crippen molar-refractivity contribution < 1.29 is 22.6 Å². The van der Waals surface area contributed by atoms with Crippen LogP contribution >= 0.6 is 0 Å². The maximum Gasteiger partial charge on any atom is 0.210 e. The molecule has 2 rings (SSSR count). The highest BCUT2D eigenvalue weighted by Gasteiger charge is 2.18. The predicted molar refractivity (Wildman–Crippen MR) is 73.7 cm³/mol. The average molecular weight is 302 g/mol. The summed E-state index contributed by atoms with van der Waals surface area (Å²) in [7, 11) is -1.88. The first-order chi connectivity index (χ1) is 9.49. The molecule has 0 spiro atoms. The Kier molecular flexibility index (Phi) is 4.69. The van der Waals surface area contributed by atoms with Crippen LogP contribution in [0.3, 0.4) is 0 Å². The number of primary sulfonamides is 1. The fourth-order valence-corrected chi connectivity index (χ4v) is 2.31. The average Bonchev–Trinajstić information content (AvgIpc) is 2.41. The van der Waals surface area contributed by atoms with Crippen LogP contribution < -0.4 is 24.7 Å². The molecule has 0 amide bonds. The molecule has 7 nitrogen and oxygen atoms in total. The molecule has 0 fully saturated rings. The summed E-state index contributed by atoms with van der Waals surface area (Å²) in [6.45, 7) is 1.77. The van der Waals surface area contributed by atoms with E-state index in [1.165, 1.54) is 0 Å². The zero-order valence-corrected chi connectivity index (χ0v) is 12.0. The first kappa shape index (κ1) is 14.9. The summed E-state index contributed by atoms with van der Waals surface area (Å²) in [6.07, 6.45) is 0. The van der Waals surface area contributed by atoms with Gasteiger partial charge in [-0.15, -0.1) is 0 Å². The Morgan fingerprint density at radius 2 is 2.10 bits per heavy atom. The highest BCUT2D eigenvalue weighted by molar-refractivity contribution is 7.89. The predicted octanol–water partition coefficient (Wildman–Crippen LogP) is -0.155. The molecule has 8 heteroatoms. The number of hydrogen-bond donors (Lipinski definition) is 2. The van der Waals surface area contributed by atoms with Crippen molar-refractivity contribution in [2.45, 2.75) is 6.54 Å². The Balaban J connectivity index is 2.01. The number of fused-ring (bicyclic) bond motifs is 1. The second-order valence-electron chi connectivity index (χ2n) is 4.37. The minimum atomic E-state index is -3.44. The summed E-state index contributed by atoms with van der Waals surface area (Å²) in [6, 6.07) is 3.68. The van der Waals surface area contributed by atoms with Crippen molar-refractivity contribution >= 4 is 10.0 Å². The molecule has 0 aliphatic carbocycles. The normalized spacial score (nSPS) is 14.1. The van der Waals surface area contributed by atoms with E-state index in [0.717, 1.165) is 5.56 Å². The van der Waals surface area contributed by atoms with Crippen LogP contribution in [0.15, 0.2) is 12.1 Å². The smallest absolute Gasteiger partial charge is 0.210 e. The molecule has 1 heterocycles. The lowest BCUT2D eigenvalue weighted by atomic mass is 10.1. The summed E-state index contributed by atoms with van der Waals surface area (Å²) in [5, 5.41) is 7.93. The molecular formula is C12H18N2O5S. The number of ether oxygens (including phenoxy) is 3. The quantitative estimate of drug-likeness (QED) is 0.709. The van der Waals surface area contributed by atoms with Crippen LogP contribution in [0.25, 0.3) is 0 Å². The van der Waals surface area contributed by atoms with Gasteiger partial charge in [-0.05, 0) is 17.7 Å². The molecular weight excluding hydrogens is 284 g/mol. The van der Waals surface area contributed by atoms with E-state index in [4.69, 9.17) is 19.3 Å². The van der Waals surface area contributed by atoms with Gasteiger partial charge in [-0.1, -0.05) is 0 Å². The summed E-state index contributed by atoms with van der Waals surface area (Å²) in [5.74, 6) is 1.74. The van der Waals surface area contributed by atoms with Gasteiger partial charge in [-0.25, -0.2) is 13.6 Å². The van der Waals surface area contributed by atoms with E-state index < -0.39 is 10.0 Å². The Bertz CT molecular complexity index is 556. The van der Waals surface area contributed by atoms with Crippen LogP contribution in [0.1, 0.15) is 5.56 Å². The number of hydrogen-bond acceptors (Lipinski definition) is 6. The minimum Gasteiger partial charge on any atom is -0.493 e. The standard InChI is InChI=1S/C12H18N2O5S/c1-17-10-6-9(8-14-2-5-20(13,15)16)7-11-12(10)19-4-3-18-11/h6-7,14H,2-5,8H2,1H3,(H2,13,15,16). The molecule has 0 saturated heterocycles. The lowest BCUT2D eigenvalue weighted by molar-refractivity contribution is 0.165. The van der Waals surface area contributed by atoms with Gasteiger partial charge in [0.1, 0.15) is 13.2 Å². The van der Waals surface area contributed by atoms with E-state index in [9.17, 15) is 8.42 Å². The second-order valence-corrected chi connectivity index (χ2v) is 6.10. The molecule has 0 unspecified atom stereocenters. The van der Waals surface area contributed by atoms with Crippen LogP contribution in [-0.2, 0) is 16.6 Å². The third kappa shape index (κ3) is 3.99. The van der Waals surface area contributed by atoms with Gasteiger partial charge in [0.15, 0.2) is 11.5 Å². The van der Waals surface area contributed by atoms with Gasteiger partial charge in [0.2, 0.25) is 15.8 Å². The topological polar surface area (TPSA) is 99.9 Å². The second kappa shape index (κ2) is 6.29. The SMILES string of the molecule is COc1cc(CNCCS(N)(=O)=O)cc2c1OCCO2. The zero-order valence-electron chi connectivity index (χ0n) is 11.2. The summed E-state index contributed by atoms with van der Waals surface area (Å²) < 4.78 is 37.9. The number of benzene rings is 1. The van der Waals surface area contributed by atoms with E-state index in [-0.39, 0.29) is 12.3 Å². The number of sulfonamides is 1. The Morgan fingerprint density at radius 1 is 1.35 bits per heavy atom. The lowest BCUT2D eigenvalue weighted by Crippen LogP contribution is -2.27. The maximum atomic E-state index is 10.8. The number of nitrogens with one attached hydrogen (secondary N) is 1. The lowest BCUT2D eigenvalue weighted by Gasteiger charge is -2.21. The van der Waals surface area contributed by atoms with E-state index in [2.05, 4.69) is 5.32 Å². The van der Waals surface area contributed by atoms with Crippen LogP contribution in [-0.4, -0.2) is 41.0 Å². The highest BCUT2D eigenvalue weighted by atomic mass is 32.2. The third-order valence-corrected chi connectivity index (χ3v) is 3.55. The molecule has 20 heavy (non-hydrogen) atoms. The van der Waals surface area contributed by atoms with E-state index in [0.29, 0.717) is 37.0 Å². The highest BCUT2D eigenvalue weighted by Crippen LogP contribution is 2.40. The van der Waals surface area contributed by atoms with Crippen molar-refractivity contribution in [2.24, 2.45) is 5.14 Å². The Hall–Kier alpha value is -1.51. The fourth-order valence-electron chi connectivity index (χ4n) is 1.88. The van der Waals surface area contributed by atoms with Crippen LogP contribution in [0, 0.1) is 0 Å². The summed E-state index contributed by atoms with van der Waals surface area (Å²) >= 11 is 0. The minimum absolute atomic E-state index is 0.102. The van der Waals surface area contributed by atoms with Gasteiger partial charge in [-0.3, -0.25) is 0 Å². The van der Waals surface area contributed by atoms with Crippen molar-refractivity contribution in [3.8, 4) is 17.2 Å². The largest absolute Gasteiger partial charge is 0.493 e. The molecule has 1 aliphatic rings. The van der Waals surface area contributed by atoms with Gasteiger partial charge < -0.3 is 19.5 Å². The van der Waals surface area contributed by atoms with Crippen LogP contribution in [0.5, 0.6) is 17.2 Å². The van der Waals surface area contributed by atoms with Gasteiger partial charge in [-0.2, -0.15) is 0 Å². The number of methoxy groups -OCH3 is 1. The molecule has 0 aromatic heterocycles. The van der Waals surface area contributed by atoms with Crippen LogP contribution in [0.4, 0.5) is 0 Å². The zero-order chi connectivity index (χ0) is 14.6. The first-order valence-electron chi connectivity index (χ1n) is 6.17. The molecule has 3 N–H and O–H groups in total. The van der Waals surface area contributed by atoms with E-state index >= 15 is 0 Å². The maximum absolute atomic E-state index is 10.8. The molecule has 1 aliphatic heterocycles. The summed E-state index contributed by atoms with van der Waals surface area (Å²) in [5.41, 5.74) is 0.917. The Morgan fingerprint density at radius 3 is 2.80 bits per heavy atom. The molecule has 1 aromatic carbocycles. The van der Waals surface area contributed by atoms with Crippen molar-refractivity contribution in [3.63, 3.8) is 0 Å². The number of nitrogens with two attached hydrogens (primary N) is 1. The Labute approximate surface area is 118 Å². The monoisotopic (exact) mass is 302 g/mol. The fraction of sp³-hybridized carbons (Fsp3) is 0.500. The van der Waals surface area contributed by atoms with Crippen molar-refractivity contribution in [3.05, 3.63) is 17.7 Å². The van der Waals surface area contributed by atoms with Crippen molar-refractivity contribution in [1.29, 1.82) is 0 Å². The molecule has 0 bridgehead atoms. The third-order valence-electron chi connectivity index (χ3n) is 2.78. The number of rotatable bonds is 6. The summed E-state index contributed by atoms with van der Waals surface area (Å²) in [4.78, 5) is 0. The first-order valence-corrected chi connectivity index (χ1v) is 7.89. The molecule has 0 atom stereocenters. The van der Waals surface area contributed by atoms with E-state index in [1.54, 1.807) is 7.11 Å². The van der Waals surface area contributed by atoms with E-state index in [1.807, 2.05) is 12.1 Å². The van der Waals surface area contributed by atoms with Crippen molar-refractivity contribution in [2.75, 3.05) is 32.6 Å². The van der Waals surface area contributed by atoms with Crippen LogP contribution in [0.2, 0.25) is 0 Å². The molecule has 112 valence electrons. The van der Waals surface area contributed by atoms with Gasteiger partial charge in [0.05, 0.1) is 12.9 Å². The van der Waals surface area contributed by atoms with Gasteiger partial charge >= 0.3 is 0 Å². The van der Waals surface area contributed by atoms with Gasteiger partial charge in [0.25, 0.3) is 0 Å².